The Morgan fingerprint density at radius 2 is 1.88 bits per heavy atom. The number of carbonyl (C=O) groups is 1. The molecule has 4 nitrogen and oxygen atoms in total. The van der Waals surface area contributed by atoms with E-state index in [-0.39, 0.29) is 5.97 Å². The van der Waals surface area contributed by atoms with Crippen LogP contribution in [0.3, 0.4) is 0 Å². The largest absolute Gasteiger partial charge is 0.467 e. The number of hydrogen-bond donors (Lipinski definition) is 0. The maximum absolute atomic E-state index is 12.1. The van der Waals surface area contributed by atoms with Crippen LogP contribution in [-0.4, -0.2) is 24.2 Å². The van der Waals surface area contributed by atoms with Crippen molar-refractivity contribution in [1.82, 2.24) is 4.98 Å². The second kappa shape index (κ2) is 8.94. The first kappa shape index (κ1) is 18.6. The first-order valence-electron chi connectivity index (χ1n) is 7.91. The van der Waals surface area contributed by atoms with E-state index >= 15 is 0 Å². The molecule has 1 heterocycles. The molecule has 0 aliphatic rings. The Bertz CT molecular complexity index is 643. The average molecular weight is 392 g/mol. The summed E-state index contributed by atoms with van der Waals surface area (Å²) in [6.07, 6.45) is 1.25. The number of nitrogens with zero attached hydrogens (tertiary/aromatic N) is 1. The molecular formula is C19H22BrNO3. The van der Waals surface area contributed by atoms with Crippen LogP contribution in [0.15, 0.2) is 53.1 Å². The van der Waals surface area contributed by atoms with Gasteiger partial charge in [0.05, 0.1) is 12.8 Å². The number of esters is 1. The molecule has 0 aliphatic heterocycles. The molecule has 0 saturated heterocycles. The summed E-state index contributed by atoms with van der Waals surface area (Å²) in [5.41, 5.74) is 1.70. The maximum atomic E-state index is 12.1. The molecule has 2 unspecified atom stereocenters. The van der Waals surface area contributed by atoms with Crippen LogP contribution in [0.2, 0.25) is 0 Å². The summed E-state index contributed by atoms with van der Waals surface area (Å²) in [7, 11) is 1.38. The number of aromatic nitrogens is 1. The van der Waals surface area contributed by atoms with Crippen molar-refractivity contribution in [2.75, 3.05) is 7.11 Å². The van der Waals surface area contributed by atoms with Gasteiger partial charge in [-0.25, -0.2) is 4.79 Å². The van der Waals surface area contributed by atoms with Crippen LogP contribution in [0, 0.1) is 5.92 Å². The van der Waals surface area contributed by atoms with Crippen LogP contribution >= 0.6 is 15.9 Å². The number of methoxy groups -OCH3 is 1. The average Bonchev–Trinajstić information content (AvgIpc) is 2.59. The third kappa shape index (κ3) is 5.14. The minimum Gasteiger partial charge on any atom is -0.467 e. The van der Waals surface area contributed by atoms with Gasteiger partial charge in [-0.05, 0) is 42.2 Å². The van der Waals surface area contributed by atoms with Gasteiger partial charge >= 0.3 is 5.97 Å². The number of carbonyl (C=O) groups excluding carboxylic acids is 1. The normalized spacial score (nSPS) is 13.5. The molecule has 2 atom stereocenters. The third-order valence-electron chi connectivity index (χ3n) is 3.58. The van der Waals surface area contributed by atoms with Gasteiger partial charge in [0.2, 0.25) is 0 Å². The molecule has 2 aromatic rings. The molecule has 24 heavy (non-hydrogen) atoms. The Morgan fingerprint density at radius 3 is 2.42 bits per heavy atom. The highest BCUT2D eigenvalue weighted by molar-refractivity contribution is 9.10. The number of ether oxygens (including phenoxy) is 2. The highest BCUT2D eigenvalue weighted by Crippen LogP contribution is 2.29. The van der Waals surface area contributed by atoms with Gasteiger partial charge in [-0.15, -0.1) is 0 Å². The van der Waals surface area contributed by atoms with E-state index in [4.69, 9.17) is 9.47 Å². The van der Waals surface area contributed by atoms with Crippen molar-refractivity contribution < 1.29 is 14.3 Å². The lowest BCUT2D eigenvalue weighted by molar-refractivity contribution is -0.158. The minimum absolute atomic E-state index is 0.309. The molecule has 0 spiro atoms. The summed E-state index contributed by atoms with van der Waals surface area (Å²) >= 11 is 3.44. The van der Waals surface area contributed by atoms with Gasteiger partial charge in [0.15, 0.2) is 6.10 Å². The fourth-order valence-electron chi connectivity index (χ4n) is 2.42. The Balaban J connectivity index is 2.34. The SMILES string of the molecule is COC(=O)C(CC(C)C)OC(c1ccc(Br)cc1)c1ccccn1. The highest BCUT2D eigenvalue weighted by Gasteiger charge is 2.27. The number of benzene rings is 1. The molecule has 5 heteroatoms. The molecule has 2 rings (SSSR count). The molecule has 0 radical (unpaired) electrons. The zero-order valence-corrected chi connectivity index (χ0v) is 15.7. The first-order valence-corrected chi connectivity index (χ1v) is 8.70. The fourth-order valence-corrected chi connectivity index (χ4v) is 2.68. The molecule has 0 N–H and O–H groups in total. The van der Waals surface area contributed by atoms with E-state index in [1.807, 2.05) is 42.5 Å². The molecule has 0 bridgehead atoms. The predicted octanol–water partition coefficient (Wildman–Crippen LogP) is 4.54. The van der Waals surface area contributed by atoms with Crippen LogP contribution in [0.5, 0.6) is 0 Å². The van der Waals surface area contributed by atoms with E-state index in [0.717, 1.165) is 15.7 Å². The molecular weight excluding hydrogens is 370 g/mol. The summed E-state index contributed by atoms with van der Waals surface area (Å²) in [4.78, 5) is 16.5. The summed E-state index contributed by atoms with van der Waals surface area (Å²) in [5, 5.41) is 0. The number of hydrogen-bond acceptors (Lipinski definition) is 4. The van der Waals surface area contributed by atoms with Crippen molar-refractivity contribution in [1.29, 1.82) is 0 Å². The summed E-state index contributed by atoms with van der Waals surface area (Å²) in [5.74, 6) is -0.0508. The first-order chi connectivity index (χ1) is 11.5. The van der Waals surface area contributed by atoms with Crippen molar-refractivity contribution >= 4 is 21.9 Å². The summed E-state index contributed by atoms with van der Waals surface area (Å²) in [6, 6.07) is 13.5. The second-order valence-electron chi connectivity index (χ2n) is 5.96. The zero-order chi connectivity index (χ0) is 17.5. The number of rotatable bonds is 7. The van der Waals surface area contributed by atoms with Crippen LogP contribution in [-0.2, 0) is 14.3 Å². The lowest BCUT2D eigenvalue weighted by atomic mass is 10.0. The standard InChI is InChI=1S/C19H22BrNO3/c1-13(2)12-17(19(22)23-3)24-18(16-6-4-5-11-21-16)14-7-9-15(20)10-8-14/h4-11,13,17-18H,12H2,1-3H3. The number of halogens is 1. The maximum Gasteiger partial charge on any atom is 0.335 e. The van der Waals surface area contributed by atoms with Gasteiger partial charge in [0, 0.05) is 10.7 Å². The lowest BCUT2D eigenvalue weighted by Crippen LogP contribution is -2.29. The zero-order valence-electron chi connectivity index (χ0n) is 14.1. The Labute approximate surface area is 151 Å². The van der Waals surface area contributed by atoms with E-state index in [9.17, 15) is 4.79 Å². The molecule has 1 aromatic heterocycles. The van der Waals surface area contributed by atoms with Crippen molar-refractivity contribution in [3.05, 3.63) is 64.4 Å². The van der Waals surface area contributed by atoms with Crippen LogP contribution in [0.1, 0.15) is 37.6 Å². The summed E-state index contributed by atoms with van der Waals surface area (Å²) in [6.45, 7) is 4.10. The summed E-state index contributed by atoms with van der Waals surface area (Å²) < 4.78 is 12.1. The van der Waals surface area contributed by atoms with Gasteiger partial charge in [-0.2, -0.15) is 0 Å². The second-order valence-corrected chi connectivity index (χ2v) is 6.88. The highest BCUT2D eigenvalue weighted by atomic mass is 79.9. The van der Waals surface area contributed by atoms with Crippen molar-refractivity contribution in [3.63, 3.8) is 0 Å². The van der Waals surface area contributed by atoms with Crippen LogP contribution in [0.4, 0.5) is 0 Å². The van der Waals surface area contributed by atoms with Gasteiger partial charge in [-0.3, -0.25) is 4.98 Å². The Kier molecular flexibility index (Phi) is 6.94. The van der Waals surface area contributed by atoms with Gasteiger partial charge in [-0.1, -0.05) is 48.0 Å². The molecule has 0 fully saturated rings. The van der Waals surface area contributed by atoms with E-state index < -0.39 is 12.2 Å². The quantitative estimate of drug-likeness (QED) is 0.650. The third-order valence-corrected chi connectivity index (χ3v) is 4.11. The van der Waals surface area contributed by atoms with E-state index in [1.54, 1.807) is 6.20 Å². The van der Waals surface area contributed by atoms with E-state index in [2.05, 4.69) is 34.8 Å². The number of pyridine rings is 1. The van der Waals surface area contributed by atoms with Gasteiger partial charge in [0.1, 0.15) is 6.10 Å². The van der Waals surface area contributed by atoms with Gasteiger partial charge in [0.25, 0.3) is 0 Å². The lowest BCUT2D eigenvalue weighted by Gasteiger charge is -2.24. The van der Waals surface area contributed by atoms with E-state index in [0.29, 0.717) is 12.3 Å². The monoisotopic (exact) mass is 391 g/mol. The molecule has 128 valence electrons. The molecule has 0 aliphatic carbocycles. The van der Waals surface area contributed by atoms with Gasteiger partial charge < -0.3 is 9.47 Å². The van der Waals surface area contributed by atoms with Crippen molar-refractivity contribution in [3.8, 4) is 0 Å². The Hall–Kier alpha value is -1.72. The topological polar surface area (TPSA) is 48.4 Å². The van der Waals surface area contributed by atoms with Crippen LogP contribution < -0.4 is 0 Å². The predicted molar refractivity (Wildman–Crippen MR) is 96.6 cm³/mol. The van der Waals surface area contributed by atoms with Crippen molar-refractivity contribution in [2.45, 2.75) is 32.5 Å². The molecule has 1 aromatic carbocycles. The van der Waals surface area contributed by atoms with Crippen LogP contribution in [0.25, 0.3) is 0 Å². The molecule has 0 saturated carbocycles. The smallest absolute Gasteiger partial charge is 0.335 e. The Morgan fingerprint density at radius 1 is 1.17 bits per heavy atom. The fraction of sp³-hybridized carbons (Fsp3) is 0.368. The van der Waals surface area contributed by atoms with E-state index in [1.165, 1.54) is 7.11 Å². The molecule has 0 amide bonds. The minimum atomic E-state index is -0.634. The van der Waals surface area contributed by atoms with Crippen molar-refractivity contribution in [2.24, 2.45) is 5.92 Å².